The summed E-state index contributed by atoms with van der Waals surface area (Å²) in [4.78, 5) is 24.6. The van der Waals surface area contributed by atoms with E-state index in [-0.39, 0.29) is 11.6 Å². The Morgan fingerprint density at radius 1 is 1.11 bits per heavy atom. The van der Waals surface area contributed by atoms with Gasteiger partial charge in [-0.3, -0.25) is 4.79 Å². The van der Waals surface area contributed by atoms with E-state index in [2.05, 4.69) is 25.4 Å². The molecule has 1 aromatic carbocycles. The molecule has 1 N–H and O–H groups in total. The molecule has 4 aromatic rings. The first-order chi connectivity index (χ1) is 13.1. The number of hydrogen-bond acceptors (Lipinski definition) is 6. The third kappa shape index (κ3) is 3.56. The van der Waals surface area contributed by atoms with E-state index < -0.39 is 5.91 Å². The lowest BCUT2D eigenvalue weighted by molar-refractivity contribution is 0.101. The molecular formula is C18H13FN6O2. The van der Waals surface area contributed by atoms with E-state index >= 15 is 0 Å². The number of aryl methyl sites for hydroxylation is 1. The minimum atomic E-state index is -0.478. The van der Waals surface area contributed by atoms with Crippen LogP contribution < -0.4 is 10.1 Å². The zero-order valence-corrected chi connectivity index (χ0v) is 14.1. The number of carbonyl (C=O) groups is 1. The number of fused-ring (bicyclic) bond motifs is 1. The quantitative estimate of drug-likeness (QED) is 0.598. The van der Waals surface area contributed by atoms with Crippen LogP contribution in [0.25, 0.3) is 5.78 Å². The van der Waals surface area contributed by atoms with E-state index in [1.807, 2.05) is 6.92 Å². The summed E-state index contributed by atoms with van der Waals surface area (Å²) in [5, 5.41) is 6.81. The van der Waals surface area contributed by atoms with E-state index in [9.17, 15) is 9.18 Å². The van der Waals surface area contributed by atoms with Gasteiger partial charge in [-0.15, -0.1) is 5.10 Å². The molecule has 8 nitrogen and oxygen atoms in total. The Hall–Kier alpha value is -3.88. The predicted octanol–water partition coefficient (Wildman–Crippen LogP) is 3.01. The Bertz CT molecular complexity index is 1110. The van der Waals surface area contributed by atoms with Gasteiger partial charge in [0.05, 0.1) is 11.9 Å². The Morgan fingerprint density at radius 2 is 1.93 bits per heavy atom. The van der Waals surface area contributed by atoms with Gasteiger partial charge < -0.3 is 10.1 Å². The summed E-state index contributed by atoms with van der Waals surface area (Å²) in [6.07, 6.45) is 3.04. The number of hydrogen-bond donors (Lipinski definition) is 1. The summed E-state index contributed by atoms with van der Waals surface area (Å²) in [5.74, 6) is 0.292. The number of benzene rings is 1. The van der Waals surface area contributed by atoms with Crippen molar-refractivity contribution in [3.05, 3.63) is 72.2 Å². The van der Waals surface area contributed by atoms with Gasteiger partial charge in [-0.25, -0.2) is 18.9 Å². The summed E-state index contributed by atoms with van der Waals surface area (Å²) >= 11 is 0. The van der Waals surface area contributed by atoms with Gasteiger partial charge in [-0.05, 0) is 43.3 Å². The molecule has 134 valence electrons. The van der Waals surface area contributed by atoms with Gasteiger partial charge in [-0.2, -0.15) is 4.98 Å². The molecule has 3 aromatic heterocycles. The van der Waals surface area contributed by atoms with E-state index in [4.69, 9.17) is 4.74 Å². The Balaban J connectivity index is 1.46. The van der Waals surface area contributed by atoms with Crippen LogP contribution in [0.15, 0.2) is 54.9 Å². The lowest BCUT2D eigenvalue weighted by Gasteiger charge is -2.06. The maximum Gasteiger partial charge on any atom is 0.295 e. The molecule has 9 heteroatoms. The fourth-order valence-corrected chi connectivity index (χ4v) is 2.33. The average Bonchev–Trinajstić information content (AvgIpc) is 3.11. The molecule has 0 aliphatic rings. The number of nitrogens with one attached hydrogen (secondary N) is 1. The SMILES string of the molecule is Cc1ccnc2nc(C(=O)Nc3ccc(Oc4ccc(F)cc4)nc3)nn12. The summed E-state index contributed by atoms with van der Waals surface area (Å²) in [6.45, 7) is 1.84. The molecule has 4 rings (SSSR count). The fraction of sp³-hybridized carbons (Fsp3) is 0.0556. The van der Waals surface area contributed by atoms with Gasteiger partial charge in [0.2, 0.25) is 11.7 Å². The molecule has 0 atom stereocenters. The van der Waals surface area contributed by atoms with Gasteiger partial charge in [0.25, 0.3) is 11.7 Å². The number of aromatic nitrogens is 5. The van der Waals surface area contributed by atoms with Gasteiger partial charge in [-0.1, -0.05) is 0 Å². The standard InChI is InChI=1S/C18H13FN6O2/c1-11-8-9-20-18-23-16(24-25(11)18)17(26)22-13-4-7-15(21-10-13)27-14-5-2-12(19)3-6-14/h2-10H,1H3,(H,22,26). The summed E-state index contributed by atoms with van der Waals surface area (Å²) in [7, 11) is 0. The van der Waals surface area contributed by atoms with Crippen LogP contribution in [-0.2, 0) is 0 Å². The van der Waals surface area contributed by atoms with E-state index in [1.54, 1.807) is 24.4 Å². The van der Waals surface area contributed by atoms with Gasteiger partial charge in [0, 0.05) is 18.0 Å². The van der Waals surface area contributed by atoms with Crippen molar-refractivity contribution in [1.29, 1.82) is 0 Å². The minimum absolute atomic E-state index is 0.00318. The molecule has 3 heterocycles. The number of anilines is 1. The second-order valence-corrected chi connectivity index (χ2v) is 5.63. The van der Waals surface area contributed by atoms with Gasteiger partial charge in [0.1, 0.15) is 11.6 Å². The van der Waals surface area contributed by atoms with Crippen LogP contribution in [0.3, 0.4) is 0 Å². The first kappa shape index (κ1) is 16.6. The van der Waals surface area contributed by atoms with Crippen molar-refractivity contribution < 1.29 is 13.9 Å². The number of amides is 1. The molecule has 0 saturated carbocycles. The van der Waals surface area contributed by atoms with Crippen LogP contribution in [0.4, 0.5) is 10.1 Å². The van der Waals surface area contributed by atoms with Crippen LogP contribution in [0.5, 0.6) is 11.6 Å². The Morgan fingerprint density at radius 3 is 2.63 bits per heavy atom. The molecule has 0 aliphatic carbocycles. The summed E-state index contributed by atoms with van der Waals surface area (Å²) in [5.41, 5.74) is 1.27. The largest absolute Gasteiger partial charge is 0.439 e. The molecule has 0 radical (unpaired) electrons. The van der Waals surface area contributed by atoms with E-state index in [1.165, 1.54) is 35.0 Å². The topological polar surface area (TPSA) is 94.3 Å². The second-order valence-electron chi connectivity index (χ2n) is 5.63. The average molecular weight is 364 g/mol. The van der Waals surface area contributed by atoms with Crippen molar-refractivity contribution in [3.63, 3.8) is 0 Å². The van der Waals surface area contributed by atoms with Crippen LogP contribution in [-0.4, -0.2) is 30.5 Å². The molecule has 27 heavy (non-hydrogen) atoms. The minimum Gasteiger partial charge on any atom is -0.439 e. The number of nitrogens with zero attached hydrogens (tertiary/aromatic N) is 5. The Labute approximate surface area is 152 Å². The highest BCUT2D eigenvalue weighted by Gasteiger charge is 2.14. The fourth-order valence-electron chi connectivity index (χ4n) is 2.33. The molecular weight excluding hydrogens is 351 g/mol. The third-order valence-corrected chi connectivity index (χ3v) is 3.66. The van der Waals surface area contributed by atoms with Crippen molar-refractivity contribution in [2.24, 2.45) is 0 Å². The molecule has 0 saturated heterocycles. The highest BCUT2D eigenvalue weighted by Crippen LogP contribution is 2.20. The molecule has 0 bridgehead atoms. The third-order valence-electron chi connectivity index (χ3n) is 3.66. The number of carbonyl (C=O) groups excluding carboxylic acids is 1. The van der Waals surface area contributed by atoms with Gasteiger partial charge in [0.15, 0.2) is 0 Å². The number of halogens is 1. The maximum absolute atomic E-state index is 12.9. The first-order valence-corrected chi connectivity index (χ1v) is 7.98. The number of pyridine rings is 1. The van der Waals surface area contributed by atoms with Gasteiger partial charge >= 0.3 is 0 Å². The van der Waals surface area contributed by atoms with Crippen molar-refractivity contribution >= 4 is 17.4 Å². The number of ether oxygens (including phenoxy) is 1. The van der Waals surface area contributed by atoms with Crippen molar-refractivity contribution in [2.75, 3.05) is 5.32 Å². The van der Waals surface area contributed by atoms with Crippen LogP contribution in [0, 0.1) is 12.7 Å². The number of rotatable bonds is 4. The maximum atomic E-state index is 12.9. The summed E-state index contributed by atoms with van der Waals surface area (Å²) in [6, 6.07) is 10.6. The normalized spacial score (nSPS) is 10.7. The molecule has 0 unspecified atom stereocenters. The van der Waals surface area contributed by atoms with Crippen molar-refractivity contribution in [2.45, 2.75) is 6.92 Å². The smallest absolute Gasteiger partial charge is 0.295 e. The molecule has 0 aliphatic heterocycles. The summed E-state index contributed by atoms with van der Waals surface area (Å²) < 4.78 is 19.9. The zero-order chi connectivity index (χ0) is 18.8. The predicted molar refractivity (Wildman–Crippen MR) is 94.2 cm³/mol. The van der Waals surface area contributed by atoms with E-state index in [0.717, 1.165) is 5.69 Å². The highest BCUT2D eigenvalue weighted by atomic mass is 19.1. The van der Waals surface area contributed by atoms with Crippen LogP contribution in [0.1, 0.15) is 16.3 Å². The molecule has 0 fully saturated rings. The zero-order valence-electron chi connectivity index (χ0n) is 14.1. The van der Waals surface area contributed by atoms with Crippen molar-refractivity contribution in [3.8, 4) is 11.6 Å². The molecule has 1 amide bonds. The highest BCUT2D eigenvalue weighted by molar-refractivity contribution is 6.01. The second kappa shape index (κ2) is 6.79. The lowest BCUT2D eigenvalue weighted by Crippen LogP contribution is -2.14. The molecule has 0 spiro atoms. The monoisotopic (exact) mass is 364 g/mol. The lowest BCUT2D eigenvalue weighted by atomic mass is 10.3. The van der Waals surface area contributed by atoms with E-state index in [0.29, 0.717) is 23.1 Å². The van der Waals surface area contributed by atoms with Crippen molar-refractivity contribution in [1.82, 2.24) is 24.6 Å². The first-order valence-electron chi connectivity index (χ1n) is 7.98. The van der Waals surface area contributed by atoms with Crippen LogP contribution in [0.2, 0.25) is 0 Å². The Kier molecular flexibility index (Phi) is 4.17. The van der Waals surface area contributed by atoms with Crippen LogP contribution >= 0.6 is 0 Å².